The Bertz CT molecular complexity index is 853. The highest BCUT2D eigenvalue weighted by atomic mass is 79.9. The quantitative estimate of drug-likeness (QED) is 0.196. The second kappa shape index (κ2) is 10.2. The largest absolute Gasteiger partial charge is 0.478 e. The maximum atomic E-state index is 13.0. The lowest BCUT2D eigenvalue weighted by molar-refractivity contribution is 0.0265. The molecule has 0 saturated heterocycles. The summed E-state index contributed by atoms with van der Waals surface area (Å²) in [5.74, 6) is -1.93. The van der Waals surface area contributed by atoms with Crippen LogP contribution < -0.4 is 0 Å². The maximum absolute atomic E-state index is 13.0. The number of carboxylic acid groups (broad SMARTS) is 1. The molecule has 1 unspecified atom stereocenters. The Morgan fingerprint density at radius 1 is 0.963 bits per heavy atom. The molecule has 0 aromatic heterocycles. The third-order valence-corrected chi connectivity index (χ3v) is 8.69. The second-order valence-electron chi connectivity index (χ2n) is 5.76. The molecule has 2 aromatic carbocycles. The molecule has 0 saturated carbocycles. The van der Waals surface area contributed by atoms with Gasteiger partial charge in [0.05, 0.1) is 11.1 Å². The molecule has 144 valence electrons. The summed E-state index contributed by atoms with van der Waals surface area (Å²) < 4.78 is 7.36. The van der Waals surface area contributed by atoms with Crippen molar-refractivity contribution in [2.24, 2.45) is 0 Å². The number of unbranched alkanes of at least 4 members (excludes halogenated alkanes) is 1. The van der Waals surface area contributed by atoms with Gasteiger partial charge in [0.15, 0.2) is 0 Å². The van der Waals surface area contributed by atoms with Gasteiger partial charge in [0.2, 0.25) is 0 Å². The fourth-order valence-electron chi connectivity index (χ4n) is 2.56. The van der Waals surface area contributed by atoms with E-state index in [-0.39, 0.29) is 15.6 Å². The smallest absolute Gasteiger partial charge is 0.340 e. The molecule has 1 N–H and O–H groups in total. The molecule has 0 bridgehead atoms. The number of aromatic carboxylic acids is 1. The monoisotopic (exact) mass is 624 g/mol. The van der Waals surface area contributed by atoms with Gasteiger partial charge in [0.1, 0.15) is 6.10 Å². The van der Waals surface area contributed by atoms with Gasteiger partial charge in [0.25, 0.3) is 0 Å². The van der Waals surface area contributed by atoms with Crippen LogP contribution in [0, 0.1) is 0 Å². The lowest BCUT2D eigenvalue weighted by Gasteiger charge is -2.20. The number of esters is 1. The Labute approximate surface area is 191 Å². The van der Waals surface area contributed by atoms with Crippen molar-refractivity contribution in [3.05, 3.63) is 64.9 Å². The third-order valence-electron chi connectivity index (χ3n) is 3.93. The number of hydrogen-bond donors (Lipinski definition) is 1. The zero-order chi connectivity index (χ0) is 20.1. The summed E-state index contributed by atoms with van der Waals surface area (Å²) in [7, 11) is 0. The second-order valence-corrected chi connectivity index (χ2v) is 8.93. The number of carbonyl (C=O) groups excluding carboxylic acids is 1. The van der Waals surface area contributed by atoms with Crippen molar-refractivity contribution in [2.45, 2.75) is 32.3 Å². The van der Waals surface area contributed by atoms with Crippen molar-refractivity contribution in [3.63, 3.8) is 0 Å². The van der Waals surface area contributed by atoms with Gasteiger partial charge in [-0.2, -0.15) is 0 Å². The topological polar surface area (TPSA) is 63.6 Å². The van der Waals surface area contributed by atoms with Crippen molar-refractivity contribution < 1.29 is 19.4 Å². The molecule has 0 heterocycles. The normalized spacial score (nSPS) is 11.9. The average Bonchev–Trinajstić information content (AvgIpc) is 2.66. The Morgan fingerprint density at radius 3 is 2.04 bits per heavy atom. The van der Waals surface area contributed by atoms with Crippen molar-refractivity contribution >= 4 is 75.7 Å². The van der Waals surface area contributed by atoms with E-state index in [9.17, 15) is 14.7 Å². The molecule has 27 heavy (non-hydrogen) atoms. The van der Waals surface area contributed by atoms with Crippen LogP contribution in [0.1, 0.15) is 58.6 Å². The molecule has 0 aliphatic carbocycles. The van der Waals surface area contributed by atoms with Crippen LogP contribution in [-0.2, 0) is 4.74 Å². The number of halogens is 4. The molecule has 0 amide bonds. The molecule has 1 atom stereocenters. The molecule has 0 aliphatic rings. The first-order valence-electron chi connectivity index (χ1n) is 8.14. The summed E-state index contributed by atoms with van der Waals surface area (Å²) in [4.78, 5) is 24.8. The predicted octanol–water partition coefficient (Wildman–Crippen LogP) is 7.52. The zero-order valence-corrected chi connectivity index (χ0v) is 20.6. The van der Waals surface area contributed by atoms with Gasteiger partial charge < -0.3 is 9.84 Å². The maximum Gasteiger partial charge on any atom is 0.340 e. The first-order chi connectivity index (χ1) is 12.8. The zero-order valence-electron chi connectivity index (χ0n) is 14.3. The molecule has 0 spiro atoms. The van der Waals surface area contributed by atoms with Gasteiger partial charge in [0, 0.05) is 17.9 Å². The molecule has 4 nitrogen and oxygen atoms in total. The van der Waals surface area contributed by atoms with Crippen LogP contribution in [-0.4, -0.2) is 17.0 Å². The lowest BCUT2D eigenvalue weighted by Crippen LogP contribution is -2.17. The summed E-state index contributed by atoms with van der Waals surface area (Å²) >= 11 is 13.2. The number of ether oxygens (including phenoxy) is 1. The molecule has 0 radical (unpaired) electrons. The van der Waals surface area contributed by atoms with E-state index in [0.29, 0.717) is 19.8 Å². The minimum absolute atomic E-state index is 0.0399. The average molecular weight is 628 g/mol. The molecule has 2 rings (SSSR count). The molecule has 2 aromatic rings. The Morgan fingerprint density at radius 2 is 1.52 bits per heavy atom. The molecular formula is C19H16Br4O4. The summed E-state index contributed by atoms with van der Waals surface area (Å²) in [6.07, 6.45) is 2.05. The van der Waals surface area contributed by atoms with E-state index in [1.54, 1.807) is 0 Å². The number of hydrogen-bond acceptors (Lipinski definition) is 3. The highest BCUT2D eigenvalue weighted by Gasteiger charge is 2.30. The predicted molar refractivity (Wildman–Crippen MR) is 118 cm³/mol. The summed E-state index contributed by atoms with van der Waals surface area (Å²) in [6, 6.07) is 9.45. The highest BCUT2D eigenvalue weighted by Crippen LogP contribution is 2.43. The Balaban J connectivity index is 2.48. The standard InChI is InChI=1S/C19H16Br4O4/c1-2-3-9-11(10-7-5-4-6-8-10)27-19(26)13-12(18(24)25)14(20)16(22)17(23)15(13)21/h4-8,11H,2-3,9H2,1H3,(H,24,25). The number of carboxylic acids is 1. The van der Waals surface area contributed by atoms with E-state index in [1.807, 2.05) is 30.3 Å². The minimum atomic E-state index is -1.23. The van der Waals surface area contributed by atoms with E-state index >= 15 is 0 Å². The van der Waals surface area contributed by atoms with Crippen LogP contribution in [0.2, 0.25) is 0 Å². The Kier molecular flexibility index (Phi) is 8.52. The van der Waals surface area contributed by atoms with Crippen molar-refractivity contribution in [1.29, 1.82) is 0 Å². The first-order valence-corrected chi connectivity index (χ1v) is 11.3. The van der Waals surface area contributed by atoms with Crippen molar-refractivity contribution in [2.75, 3.05) is 0 Å². The van der Waals surface area contributed by atoms with Crippen molar-refractivity contribution in [3.8, 4) is 0 Å². The van der Waals surface area contributed by atoms with Crippen molar-refractivity contribution in [1.82, 2.24) is 0 Å². The summed E-state index contributed by atoms with van der Waals surface area (Å²) in [5, 5.41) is 9.63. The van der Waals surface area contributed by atoms with Crippen LogP contribution in [0.4, 0.5) is 0 Å². The van der Waals surface area contributed by atoms with Gasteiger partial charge >= 0.3 is 11.9 Å². The van der Waals surface area contributed by atoms with Crippen LogP contribution in [0.3, 0.4) is 0 Å². The van der Waals surface area contributed by atoms with Gasteiger partial charge in [-0.25, -0.2) is 9.59 Å². The highest BCUT2D eigenvalue weighted by molar-refractivity contribution is 9.15. The van der Waals surface area contributed by atoms with E-state index in [2.05, 4.69) is 70.6 Å². The fraction of sp³-hybridized carbons (Fsp3) is 0.263. The molecular weight excluding hydrogens is 612 g/mol. The Hall–Kier alpha value is -0.700. The van der Waals surface area contributed by atoms with Crippen LogP contribution in [0.5, 0.6) is 0 Å². The summed E-state index contributed by atoms with van der Waals surface area (Å²) in [6.45, 7) is 2.06. The van der Waals surface area contributed by atoms with E-state index < -0.39 is 18.0 Å². The van der Waals surface area contributed by atoms with Crippen LogP contribution in [0.15, 0.2) is 48.2 Å². The van der Waals surface area contributed by atoms with Crippen LogP contribution >= 0.6 is 63.7 Å². The van der Waals surface area contributed by atoms with Crippen LogP contribution in [0.25, 0.3) is 0 Å². The van der Waals surface area contributed by atoms with Gasteiger partial charge in [-0.3, -0.25) is 0 Å². The lowest BCUT2D eigenvalue weighted by atomic mass is 10.0. The number of rotatable bonds is 7. The van der Waals surface area contributed by atoms with E-state index in [0.717, 1.165) is 18.4 Å². The number of benzene rings is 2. The first kappa shape index (κ1) is 22.6. The minimum Gasteiger partial charge on any atom is -0.478 e. The fourth-order valence-corrected chi connectivity index (χ4v) is 5.01. The third kappa shape index (κ3) is 5.22. The molecule has 0 fully saturated rings. The van der Waals surface area contributed by atoms with E-state index in [1.165, 1.54) is 0 Å². The van der Waals surface area contributed by atoms with E-state index in [4.69, 9.17) is 4.74 Å². The molecule has 8 heteroatoms. The van der Waals surface area contributed by atoms with Gasteiger partial charge in [-0.1, -0.05) is 43.7 Å². The summed E-state index contributed by atoms with van der Waals surface area (Å²) in [5.41, 5.74) is 0.675. The SMILES string of the molecule is CCCCC(OC(=O)c1c(Br)c(Br)c(Br)c(Br)c1C(=O)O)c1ccccc1. The number of carbonyl (C=O) groups is 2. The van der Waals surface area contributed by atoms with Gasteiger partial charge in [-0.15, -0.1) is 0 Å². The molecule has 0 aliphatic heterocycles. The van der Waals surface area contributed by atoms with Gasteiger partial charge in [-0.05, 0) is 82.1 Å².